The fraction of sp³-hybridized carbons (Fsp3) is 0.455. The smallest absolute Gasteiger partial charge is 0.331 e. The van der Waals surface area contributed by atoms with E-state index >= 15 is 0 Å². The fourth-order valence-corrected chi connectivity index (χ4v) is 2.15. The highest BCUT2D eigenvalue weighted by Gasteiger charge is 2.24. The minimum Gasteiger partial charge on any atom is -0.479 e. The third kappa shape index (κ3) is 3.74. The van der Waals surface area contributed by atoms with Crippen LogP contribution in [0.1, 0.15) is 24.3 Å². The topological polar surface area (TPSA) is 69.6 Å². The molecule has 1 atom stereocenters. The van der Waals surface area contributed by atoms with E-state index in [4.69, 9.17) is 5.11 Å². The maximum atomic E-state index is 11.7. The van der Waals surface area contributed by atoms with Crippen LogP contribution in [0.2, 0.25) is 0 Å². The zero-order valence-electron chi connectivity index (χ0n) is 9.84. The minimum absolute atomic E-state index is 0.368. The summed E-state index contributed by atoms with van der Waals surface area (Å²) in [7, 11) is 1.65. The number of carboxylic acid groups (broad SMARTS) is 1. The number of carbonyl (C=O) groups excluding carboxylic acids is 1. The summed E-state index contributed by atoms with van der Waals surface area (Å²) in [5, 5.41) is 13.4. The second kappa shape index (κ2) is 6.24. The molecular formula is C11H16N2O3S. The highest BCUT2D eigenvalue weighted by molar-refractivity contribution is 7.10. The molecule has 1 aromatic rings. The number of hydrogen-bond donors (Lipinski definition) is 2. The van der Waals surface area contributed by atoms with Crippen molar-refractivity contribution in [2.24, 2.45) is 0 Å². The molecule has 1 aromatic heterocycles. The Hall–Kier alpha value is -1.56. The van der Waals surface area contributed by atoms with Crippen molar-refractivity contribution in [3.8, 4) is 0 Å². The standard InChI is InChI=1S/C11H16N2O3S/c1-3-6-13(2)11(16)12-9(10(14)15)8-5-4-7-17-8/h4-5,7,9H,3,6H2,1-2H3,(H,12,16)(H,14,15). The molecule has 17 heavy (non-hydrogen) atoms. The summed E-state index contributed by atoms with van der Waals surface area (Å²) in [6, 6.07) is 2.12. The Bertz CT molecular complexity index is 378. The summed E-state index contributed by atoms with van der Waals surface area (Å²) in [5.41, 5.74) is 0. The third-order valence-electron chi connectivity index (χ3n) is 2.25. The largest absolute Gasteiger partial charge is 0.479 e. The maximum Gasteiger partial charge on any atom is 0.331 e. The molecule has 0 aliphatic heterocycles. The molecule has 1 heterocycles. The van der Waals surface area contributed by atoms with Gasteiger partial charge in [-0.05, 0) is 17.9 Å². The van der Waals surface area contributed by atoms with Crippen LogP contribution < -0.4 is 5.32 Å². The van der Waals surface area contributed by atoms with Gasteiger partial charge in [-0.2, -0.15) is 0 Å². The van der Waals surface area contributed by atoms with Gasteiger partial charge >= 0.3 is 12.0 Å². The van der Waals surface area contributed by atoms with Crippen LogP contribution in [-0.4, -0.2) is 35.6 Å². The summed E-state index contributed by atoms with van der Waals surface area (Å²) < 4.78 is 0. The Morgan fingerprint density at radius 3 is 2.76 bits per heavy atom. The number of hydrogen-bond acceptors (Lipinski definition) is 3. The number of carbonyl (C=O) groups is 2. The molecule has 0 fully saturated rings. The van der Waals surface area contributed by atoms with Crippen molar-refractivity contribution in [2.45, 2.75) is 19.4 Å². The number of rotatable bonds is 5. The number of urea groups is 1. The molecule has 2 amide bonds. The lowest BCUT2D eigenvalue weighted by Gasteiger charge is -2.20. The summed E-state index contributed by atoms with van der Waals surface area (Å²) in [6.45, 7) is 2.56. The van der Waals surface area contributed by atoms with E-state index in [-0.39, 0.29) is 6.03 Å². The first-order valence-corrected chi connectivity index (χ1v) is 6.22. The molecule has 1 rings (SSSR count). The van der Waals surface area contributed by atoms with E-state index in [9.17, 15) is 9.59 Å². The van der Waals surface area contributed by atoms with Gasteiger partial charge in [-0.25, -0.2) is 9.59 Å². The lowest BCUT2D eigenvalue weighted by molar-refractivity contribution is -0.139. The lowest BCUT2D eigenvalue weighted by atomic mass is 10.2. The van der Waals surface area contributed by atoms with Gasteiger partial charge in [0.25, 0.3) is 0 Å². The van der Waals surface area contributed by atoms with Crippen LogP contribution in [0.4, 0.5) is 4.79 Å². The van der Waals surface area contributed by atoms with Gasteiger partial charge in [0.15, 0.2) is 6.04 Å². The molecule has 94 valence electrons. The summed E-state index contributed by atoms with van der Waals surface area (Å²) in [6.07, 6.45) is 0.834. The number of carboxylic acids is 1. The van der Waals surface area contributed by atoms with Gasteiger partial charge in [0.2, 0.25) is 0 Å². The zero-order valence-corrected chi connectivity index (χ0v) is 10.7. The first-order valence-electron chi connectivity index (χ1n) is 5.34. The molecule has 6 heteroatoms. The van der Waals surface area contributed by atoms with Crippen molar-refractivity contribution in [3.05, 3.63) is 22.4 Å². The normalized spacial score (nSPS) is 11.9. The van der Waals surface area contributed by atoms with Crippen LogP contribution in [0.3, 0.4) is 0 Å². The van der Waals surface area contributed by atoms with E-state index in [2.05, 4.69) is 5.32 Å². The van der Waals surface area contributed by atoms with Gasteiger partial charge in [0, 0.05) is 18.5 Å². The van der Waals surface area contributed by atoms with Crippen LogP contribution in [0.25, 0.3) is 0 Å². The SMILES string of the molecule is CCCN(C)C(=O)NC(C(=O)O)c1cccs1. The van der Waals surface area contributed by atoms with Crippen molar-refractivity contribution in [1.29, 1.82) is 0 Å². The van der Waals surface area contributed by atoms with Crippen LogP contribution in [0, 0.1) is 0 Å². The quantitative estimate of drug-likeness (QED) is 0.845. The van der Waals surface area contributed by atoms with Gasteiger partial charge in [0.05, 0.1) is 0 Å². The van der Waals surface area contributed by atoms with Crippen molar-refractivity contribution in [1.82, 2.24) is 10.2 Å². The predicted octanol–water partition coefficient (Wildman–Crippen LogP) is 1.93. The molecular weight excluding hydrogens is 240 g/mol. The second-order valence-corrected chi connectivity index (χ2v) is 4.64. The van der Waals surface area contributed by atoms with Crippen molar-refractivity contribution < 1.29 is 14.7 Å². The Balaban J connectivity index is 2.69. The van der Waals surface area contributed by atoms with Crippen molar-refractivity contribution >= 4 is 23.3 Å². The average molecular weight is 256 g/mol. The average Bonchev–Trinajstić information content (AvgIpc) is 2.78. The van der Waals surface area contributed by atoms with Crippen molar-refractivity contribution in [3.63, 3.8) is 0 Å². The zero-order chi connectivity index (χ0) is 12.8. The highest BCUT2D eigenvalue weighted by Crippen LogP contribution is 2.19. The first kappa shape index (κ1) is 13.5. The molecule has 0 saturated carbocycles. The third-order valence-corrected chi connectivity index (χ3v) is 3.19. The molecule has 2 N–H and O–H groups in total. The van der Waals surface area contributed by atoms with Gasteiger partial charge in [-0.15, -0.1) is 11.3 Å². The Morgan fingerprint density at radius 2 is 2.29 bits per heavy atom. The van der Waals surface area contributed by atoms with Crippen LogP contribution in [0.5, 0.6) is 0 Å². The minimum atomic E-state index is -1.05. The van der Waals surface area contributed by atoms with E-state index in [0.717, 1.165) is 6.42 Å². The highest BCUT2D eigenvalue weighted by atomic mass is 32.1. The van der Waals surface area contributed by atoms with Gasteiger partial charge in [0.1, 0.15) is 0 Å². The van der Waals surface area contributed by atoms with E-state index in [1.165, 1.54) is 16.2 Å². The van der Waals surface area contributed by atoms with Crippen molar-refractivity contribution in [2.75, 3.05) is 13.6 Å². The molecule has 0 radical (unpaired) electrons. The number of aliphatic carboxylic acids is 1. The number of thiophene rings is 1. The molecule has 0 spiro atoms. The molecule has 0 bridgehead atoms. The number of amides is 2. The molecule has 0 saturated heterocycles. The fourth-order valence-electron chi connectivity index (χ4n) is 1.38. The Kier molecular flexibility index (Phi) is 4.96. The Morgan fingerprint density at radius 1 is 1.59 bits per heavy atom. The van der Waals surface area contributed by atoms with Crippen LogP contribution in [0.15, 0.2) is 17.5 Å². The van der Waals surface area contributed by atoms with E-state index in [0.29, 0.717) is 11.4 Å². The maximum absolute atomic E-state index is 11.7. The van der Waals surface area contributed by atoms with Crippen LogP contribution >= 0.6 is 11.3 Å². The van der Waals surface area contributed by atoms with E-state index < -0.39 is 12.0 Å². The number of nitrogens with zero attached hydrogens (tertiary/aromatic N) is 1. The molecule has 1 unspecified atom stereocenters. The van der Waals surface area contributed by atoms with Gasteiger partial charge in [-0.3, -0.25) is 0 Å². The molecule has 5 nitrogen and oxygen atoms in total. The summed E-state index contributed by atoms with van der Waals surface area (Å²) >= 11 is 1.31. The predicted molar refractivity (Wildman–Crippen MR) is 66.1 cm³/mol. The second-order valence-electron chi connectivity index (χ2n) is 3.66. The van der Waals surface area contributed by atoms with Gasteiger partial charge in [-0.1, -0.05) is 13.0 Å². The summed E-state index contributed by atoms with van der Waals surface area (Å²) in [5.74, 6) is -1.05. The molecule has 0 aromatic carbocycles. The monoisotopic (exact) mass is 256 g/mol. The number of nitrogens with one attached hydrogen (secondary N) is 1. The van der Waals surface area contributed by atoms with Gasteiger partial charge < -0.3 is 15.3 Å². The lowest BCUT2D eigenvalue weighted by Crippen LogP contribution is -2.41. The van der Waals surface area contributed by atoms with E-state index in [1.54, 1.807) is 24.6 Å². The molecule has 0 aliphatic rings. The van der Waals surface area contributed by atoms with Crippen LogP contribution in [-0.2, 0) is 4.79 Å². The Labute approximate surface area is 104 Å². The molecule has 0 aliphatic carbocycles. The summed E-state index contributed by atoms with van der Waals surface area (Å²) in [4.78, 5) is 24.9. The first-order chi connectivity index (χ1) is 8.06. The van der Waals surface area contributed by atoms with E-state index in [1.807, 2.05) is 6.92 Å².